The second-order valence-corrected chi connectivity index (χ2v) is 6.31. The number of hydrogen-bond acceptors (Lipinski definition) is 2. The number of benzene rings is 3. The van der Waals surface area contributed by atoms with Crippen molar-refractivity contribution in [1.82, 2.24) is 0 Å². The van der Waals surface area contributed by atoms with Crippen LogP contribution >= 0.6 is 11.8 Å². The molecule has 1 aliphatic rings. The quantitative estimate of drug-likeness (QED) is 0.472. The van der Waals surface area contributed by atoms with Crippen LogP contribution in [-0.2, 0) is 0 Å². The van der Waals surface area contributed by atoms with Gasteiger partial charge in [0.15, 0.2) is 0 Å². The van der Waals surface area contributed by atoms with Crippen LogP contribution in [0.2, 0.25) is 0 Å². The molecule has 0 aliphatic carbocycles. The van der Waals surface area contributed by atoms with Gasteiger partial charge >= 0.3 is 0 Å². The van der Waals surface area contributed by atoms with Crippen LogP contribution < -0.4 is 5.32 Å². The molecule has 0 saturated heterocycles. The summed E-state index contributed by atoms with van der Waals surface area (Å²) in [4.78, 5) is 2.54. The van der Waals surface area contributed by atoms with Gasteiger partial charge in [-0.25, -0.2) is 0 Å². The van der Waals surface area contributed by atoms with Crippen LogP contribution in [0.5, 0.6) is 0 Å². The highest BCUT2D eigenvalue weighted by molar-refractivity contribution is 7.99. The summed E-state index contributed by atoms with van der Waals surface area (Å²) in [7, 11) is 0. The van der Waals surface area contributed by atoms with E-state index in [0.717, 1.165) is 5.56 Å². The molecule has 0 radical (unpaired) electrons. The van der Waals surface area contributed by atoms with Crippen molar-refractivity contribution in [2.75, 3.05) is 5.32 Å². The molecule has 0 amide bonds. The lowest BCUT2D eigenvalue weighted by atomic mass is 10.0. The van der Waals surface area contributed by atoms with Crippen LogP contribution in [-0.4, -0.2) is 0 Å². The molecule has 2 heteroatoms. The van der Waals surface area contributed by atoms with Crippen LogP contribution in [0.1, 0.15) is 5.56 Å². The lowest BCUT2D eigenvalue weighted by Gasteiger charge is -2.23. The highest BCUT2D eigenvalue weighted by Gasteiger charge is 2.18. The molecule has 1 aliphatic heterocycles. The van der Waals surface area contributed by atoms with E-state index in [1.807, 2.05) is 17.8 Å². The first-order valence-corrected chi connectivity index (χ1v) is 8.06. The van der Waals surface area contributed by atoms with E-state index in [1.165, 1.54) is 32.3 Å². The van der Waals surface area contributed by atoms with Crippen molar-refractivity contribution < 1.29 is 0 Å². The summed E-state index contributed by atoms with van der Waals surface area (Å²) in [6, 6.07) is 23.4. The minimum atomic E-state index is 1.14. The Morgan fingerprint density at radius 3 is 2.41 bits per heavy atom. The zero-order chi connectivity index (χ0) is 14.9. The van der Waals surface area contributed by atoms with Crippen LogP contribution in [0.15, 0.2) is 83.1 Å². The molecule has 0 fully saturated rings. The van der Waals surface area contributed by atoms with Gasteiger partial charge in [-0.15, -0.1) is 0 Å². The zero-order valence-corrected chi connectivity index (χ0v) is 12.9. The topological polar surface area (TPSA) is 12.0 Å². The number of rotatable bonds is 2. The average molecular weight is 301 g/mol. The monoisotopic (exact) mass is 301 g/mol. The maximum Gasteiger partial charge on any atom is 0.0606 e. The van der Waals surface area contributed by atoms with E-state index in [4.69, 9.17) is 0 Å². The Morgan fingerprint density at radius 1 is 0.818 bits per heavy atom. The SMILES string of the molecule is C=Cc1ccc(-c2cccc3c2Nc2ccccc2S3)cc1. The molecule has 0 atom stereocenters. The van der Waals surface area contributed by atoms with Gasteiger partial charge in [0.1, 0.15) is 0 Å². The second kappa shape index (κ2) is 5.39. The molecule has 3 aromatic rings. The molecule has 0 saturated carbocycles. The standard InChI is InChI=1S/C20H15NS/c1-2-14-10-12-15(13-11-14)16-6-5-9-19-20(16)21-17-7-3-4-8-18(17)22-19/h2-13,21H,1H2. The first-order chi connectivity index (χ1) is 10.8. The van der Waals surface area contributed by atoms with E-state index >= 15 is 0 Å². The van der Waals surface area contributed by atoms with Crippen molar-refractivity contribution >= 4 is 29.2 Å². The van der Waals surface area contributed by atoms with E-state index < -0.39 is 0 Å². The first kappa shape index (κ1) is 13.2. The predicted molar refractivity (Wildman–Crippen MR) is 95.8 cm³/mol. The molecule has 1 nitrogen and oxygen atoms in total. The van der Waals surface area contributed by atoms with Crippen LogP contribution in [0.3, 0.4) is 0 Å². The summed E-state index contributed by atoms with van der Waals surface area (Å²) in [5.74, 6) is 0. The minimum absolute atomic E-state index is 1.14. The lowest BCUT2D eigenvalue weighted by Crippen LogP contribution is -2.01. The van der Waals surface area contributed by atoms with Gasteiger partial charge in [0.25, 0.3) is 0 Å². The Hall–Kier alpha value is -2.45. The van der Waals surface area contributed by atoms with Crippen LogP contribution in [0.4, 0.5) is 11.4 Å². The molecule has 0 bridgehead atoms. The molecule has 1 N–H and O–H groups in total. The van der Waals surface area contributed by atoms with Crippen LogP contribution in [0.25, 0.3) is 17.2 Å². The Kier molecular flexibility index (Phi) is 3.24. The first-order valence-electron chi connectivity index (χ1n) is 7.25. The second-order valence-electron chi connectivity index (χ2n) is 5.23. The molecule has 0 unspecified atom stereocenters. The van der Waals surface area contributed by atoms with E-state index in [-0.39, 0.29) is 0 Å². The summed E-state index contributed by atoms with van der Waals surface area (Å²) in [5, 5.41) is 3.60. The maximum absolute atomic E-state index is 3.81. The smallest absolute Gasteiger partial charge is 0.0606 e. The molecular formula is C20H15NS. The number of fused-ring (bicyclic) bond motifs is 2. The highest BCUT2D eigenvalue weighted by atomic mass is 32.2. The molecule has 1 heterocycles. The number of hydrogen-bond donors (Lipinski definition) is 1. The normalized spacial score (nSPS) is 12.0. The summed E-state index contributed by atoms with van der Waals surface area (Å²) in [5.41, 5.74) is 5.96. The Bertz CT molecular complexity index is 850. The molecular weight excluding hydrogens is 286 g/mol. The summed E-state index contributed by atoms with van der Waals surface area (Å²) < 4.78 is 0. The number of para-hydroxylation sites is 2. The fraction of sp³-hybridized carbons (Fsp3) is 0. The van der Waals surface area contributed by atoms with Crippen molar-refractivity contribution in [3.8, 4) is 11.1 Å². The number of anilines is 2. The predicted octanol–water partition coefficient (Wildman–Crippen LogP) is 6.20. The van der Waals surface area contributed by atoms with Crippen molar-refractivity contribution in [2.24, 2.45) is 0 Å². The summed E-state index contributed by atoms with van der Waals surface area (Å²) in [6.45, 7) is 3.81. The summed E-state index contributed by atoms with van der Waals surface area (Å²) in [6.07, 6.45) is 1.87. The van der Waals surface area contributed by atoms with Gasteiger partial charge < -0.3 is 5.32 Å². The van der Waals surface area contributed by atoms with Gasteiger partial charge in [0.2, 0.25) is 0 Å². The third-order valence-electron chi connectivity index (χ3n) is 3.85. The van der Waals surface area contributed by atoms with Crippen molar-refractivity contribution in [3.05, 3.63) is 78.9 Å². The van der Waals surface area contributed by atoms with Crippen molar-refractivity contribution in [2.45, 2.75) is 9.79 Å². The van der Waals surface area contributed by atoms with Gasteiger partial charge in [0, 0.05) is 15.4 Å². The molecule has 106 valence electrons. The fourth-order valence-corrected chi connectivity index (χ4v) is 3.72. The van der Waals surface area contributed by atoms with Crippen LogP contribution in [0, 0.1) is 0 Å². The number of nitrogens with one attached hydrogen (secondary N) is 1. The Labute approximate surface area is 134 Å². The third-order valence-corrected chi connectivity index (χ3v) is 4.99. The largest absolute Gasteiger partial charge is 0.353 e. The van der Waals surface area contributed by atoms with Crippen molar-refractivity contribution in [1.29, 1.82) is 0 Å². The van der Waals surface area contributed by atoms with Gasteiger partial charge in [0.05, 0.1) is 11.4 Å². The van der Waals surface area contributed by atoms with Crippen molar-refractivity contribution in [3.63, 3.8) is 0 Å². The average Bonchev–Trinajstić information content (AvgIpc) is 2.59. The molecule has 0 spiro atoms. The maximum atomic E-state index is 3.81. The Balaban J connectivity index is 1.81. The fourth-order valence-electron chi connectivity index (χ4n) is 2.70. The van der Waals surface area contributed by atoms with Gasteiger partial charge in [-0.05, 0) is 29.3 Å². The van der Waals surface area contributed by atoms with Gasteiger partial charge in [-0.3, -0.25) is 0 Å². The van der Waals surface area contributed by atoms with Gasteiger partial charge in [-0.2, -0.15) is 0 Å². The molecule has 0 aromatic heterocycles. The van der Waals surface area contributed by atoms with E-state index in [2.05, 4.69) is 78.6 Å². The van der Waals surface area contributed by atoms with E-state index in [1.54, 1.807) is 0 Å². The molecule has 22 heavy (non-hydrogen) atoms. The zero-order valence-electron chi connectivity index (χ0n) is 12.0. The Morgan fingerprint density at radius 2 is 1.59 bits per heavy atom. The third kappa shape index (κ3) is 2.22. The van der Waals surface area contributed by atoms with E-state index in [9.17, 15) is 0 Å². The highest BCUT2D eigenvalue weighted by Crippen LogP contribution is 2.47. The molecule has 3 aromatic carbocycles. The molecule has 4 rings (SSSR count). The summed E-state index contributed by atoms with van der Waals surface area (Å²) >= 11 is 1.82. The minimum Gasteiger partial charge on any atom is -0.353 e. The van der Waals surface area contributed by atoms with Gasteiger partial charge in [-0.1, -0.05) is 72.9 Å². The van der Waals surface area contributed by atoms with E-state index in [0.29, 0.717) is 0 Å². The lowest BCUT2D eigenvalue weighted by molar-refractivity contribution is 1.31.